The van der Waals surface area contributed by atoms with Gasteiger partial charge in [-0.25, -0.2) is 4.98 Å². The summed E-state index contributed by atoms with van der Waals surface area (Å²) in [5.41, 5.74) is 8.27. The fourth-order valence-electron chi connectivity index (χ4n) is 6.13. The minimum atomic E-state index is -0.0781. The summed E-state index contributed by atoms with van der Waals surface area (Å²) in [6.45, 7) is 6.81. The molecule has 2 unspecified atom stereocenters. The van der Waals surface area contributed by atoms with Crippen LogP contribution in [0.2, 0.25) is 0 Å². The largest absolute Gasteiger partial charge is 0.350 e. The van der Waals surface area contributed by atoms with E-state index in [-0.39, 0.29) is 24.3 Å². The van der Waals surface area contributed by atoms with Crippen LogP contribution < -0.4 is 11.1 Å². The predicted molar refractivity (Wildman–Crippen MR) is 119 cm³/mol. The summed E-state index contributed by atoms with van der Waals surface area (Å²) in [5.74, 6) is 2.10. The van der Waals surface area contributed by atoms with Crippen molar-refractivity contribution in [2.75, 3.05) is 19.6 Å². The lowest BCUT2D eigenvalue weighted by Gasteiger charge is -2.60. The molecule has 7 nitrogen and oxygen atoms in total. The first-order valence-electron chi connectivity index (χ1n) is 11.6. The van der Waals surface area contributed by atoms with Crippen molar-refractivity contribution >= 4 is 17.5 Å². The zero-order valence-corrected chi connectivity index (χ0v) is 18.5. The number of pyridine rings is 1. The van der Waals surface area contributed by atoms with E-state index in [1.165, 1.54) is 19.3 Å². The maximum atomic E-state index is 13.0. The normalized spacial score (nSPS) is 29.1. The van der Waals surface area contributed by atoms with E-state index in [2.05, 4.69) is 24.1 Å². The summed E-state index contributed by atoms with van der Waals surface area (Å²) in [6, 6.07) is 5.61. The molecule has 2 aromatic heterocycles. The van der Waals surface area contributed by atoms with Gasteiger partial charge in [0.25, 0.3) is 5.91 Å². The second-order valence-corrected chi connectivity index (χ2v) is 10.3. The van der Waals surface area contributed by atoms with E-state index in [0.717, 1.165) is 18.9 Å². The van der Waals surface area contributed by atoms with E-state index in [1.807, 2.05) is 24.4 Å². The molecule has 4 fully saturated rings. The van der Waals surface area contributed by atoms with Gasteiger partial charge < -0.3 is 16.0 Å². The number of rotatable bonds is 5. The van der Waals surface area contributed by atoms with Crippen LogP contribution in [0.3, 0.4) is 0 Å². The summed E-state index contributed by atoms with van der Waals surface area (Å²) in [4.78, 5) is 32.0. The number of carbonyl (C=O) groups excluding carboxylic acids is 2. The number of aromatic nitrogens is 2. The number of fused-ring (bicyclic) bond motifs is 3. The highest BCUT2D eigenvalue weighted by Crippen LogP contribution is 2.61. The summed E-state index contributed by atoms with van der Waals surface area (Å²) in [6.07, 6.45) is 6.69. The Kier molecular flexibility index (Phi) is 5.04. The van der Waals surface area contributed by atoms with E-state index in [1.54, 1.807) is 9.30 Å². The van der Waals surface area contributed by atoms with Crippen molar-refractivity contribution in [3.63, 3.8) is 0 Å². The van der Waals surface area contributed by atoms with Crippen molar-refractivity contribution in [3.8, 4) is 0 Å². The second kappa shape index (κ2) is 7.62. The van der Waals surface area contributed by atoms with Gasteiger partial charge in [-0.15, -0.1) is 0 Å². The van der Waals surface area contributed by atoms with Gasteiger partial charge in [0.15, 0.2) is 0 Å². The molecule has 3 heterocycles. The SMILES string of the molecule is CC1(C)C2CC[C@H](CNC(=O)c3cccc4nc(CC(=O)N5CC[C@@H](N)C5)cn34)C1C2. The van der Waals surface area contributed by atoms with E-state index in [9.17, 15) is 9.59 Å². The van der Waals surface area contributed by atoms with Gasteiger partial charge in [-0.2, -0.15) is 0 Å². The van der Waals surface area contributed by atoms with Crippen LogP contribution in [0.5, 0.6) is 0 Å². The van der Waals surface area contributed by atoms with Gasteiger partial charge in [0.1, 0.15) is 11.3 Å². The summed E-state index contributed by atoms with van der Waals surface area (Å²) >= 11 is 0. The van der Waals surface area contributed by atoms with Crippen LogP contribution in [0.15, 0.2) is 24.4 Å². The van der Waals surface area contributed by atoms with Crippen LogP contribution >= 0.6 is 0 Å². The lowest BCUT2D eigenvalue weighted by molar-refractivity contribution is -0.129. The molecule has 2 bridgehead atoms. The molecule has 2 aromatic rings. The summed E-state index contributed by atoms with van der Waals surface area (Å²) in [5, 5.41) is 3.18. The summed E-state index contributed by atoms with van der Waals surface area (Å²) in [7, 11) is 0. The van der Waals surface area contributed by atoms with Gasteiger partial charge in [-0.05, 0) is 61.0 Å². The van der Waals surface area contributed by atoms with Gasteiger partial charge >= 0.3 is 0 Å². The lowest BCUT2D eigenvalue weighted by atomic mass is 9.45. The molecular formula is C24H33N5O2. The number of nitrogens with zero attached hydrogens (tertiary/aromatic N) is 3. The molecule has 0 spiro atoms. The molecule has 31 heavy (non-hydrogen) atoms. The number of nitrogens with two attached hydrogens (primary N) is 1. The maximum absolute atomic E-state index is 13.0. The average molecular weight is 424 g/mol. The number of carbonyl (C=O) groups is 2. The molecule has 1 saturated heterocycles. The molecule has 166 valence electrons. The Morgan fingerprint density at radius 3 is 2.81 bits per heavy atom. The minimum Gasteiger partial charge on any atom is -0.350 e. The molecule has 0 aromatic carbocycles. The Morgan fingerprint density at radius 2 is 2.10 bits per heavy atom. The van der Waals surface area contributed by atoms with Crippen LogP contribution in [0, 0.1) is 23.2 Å². The van der Waals surface area contributed by atoms with Crippen LogP contribution in [-0.4, -0.2) is 51.8 Å². The van der Waals surface area contributed by atoms with Crippen molar-refractivity contribution in [3.05, 3.63) is 35.8 Å². The number of hydrogen-bond donors (Lipinski definition) is 2. The first-order chi connectivity index (χ1) is 14.8. The Balaban J connectivity index is 1.26. The molecule has 2 amide bonds. The van der Waals surface area contributed by atoms with Crippen LogP contribution in [0.1, 0.15) is 55.7 Å². The average Bonchev–Trinajstić information content (AvgIpc) is 3.37. The fourth-order valence-corrected chi connectivity index (χ4v) is 6.13. The zero-order chi connectivity index (χ0) is 21.8. The van der Waals surface area contributed by atoms with Gasteiger partial charge in [-0.3, -0.25) is 14.0 Å². The number of amides is 2. The number of nitrogens with one attached hydrogen (secondary N) is 1. The van der Waals surface area contributed by atoms with Gasteiger partial charge in [-0.1, -0.05) is 19.9 Å². The van der Waals surface area contributed by atoms with Gasteiger partial charge in [0.05, 0.1) is 12.1 Å². The molecule has 3 saturated carbocycles. The van der Waals surface area contributed by atoms with Crippen LogP contribution in [0.4, 0.5) is 0 Å². The van der Waals surface area contributed by atoms with Crippen LogP contribution in [0.25, 0.3) is 5.65 Å². The quantitative estimate of drug-likeness (QED) is 0.771. The Labute approximate surface area is 183 Å². The second-order valence-electron chi connectivity index (χ2n) is 10.3. The van der Waals surface area contributed by atoms with Gasteiger partial charge in [0, 0.05) is 31.9 Å². The standard InChI is InChI=1S/C24H33N5O2/c1-24(2)16-7-6-15(19(24)10-16)12-26-23(31)20-4-3-5-21-27-18(14-29(20)21)11-22(30)28-9-8-17(25)13-28/h3-5,14-17,19H,6-13,25H2,1-2H3,(H,26,31)/t15-,16?,17-,19?/m1/s1. The Bertz CT molecular complexity index is 1010. The van der Waals surface area contributed by atoms with Crippen molar-refractivity contribution in [2.45, 2.75) is 52.0 Å². The first kappa shape index (κ1) is 20.5. The monoisotopic (exact) mass is 423 g/mol. The molecule has 3 aliphatic carbocycles. The van der Waals surface area contributed by atoms with E-state index < -0.39 is 0 Å². The molecule has 4 atom stereocenters. The molecule has 4 aliphatic rings. The lowest BCUT2D eigenvalue weighted by Crippen LogP contribution is -2.54. The van der Waals surface area contributed by atoms with Crippen molar-refractivity contribution in [1.82, 2.24) is 19.6 Å². The van der Waals surface area contributed by atoms with E-state index in [0.29, 0.717) is 47.4 Å². The Morgan fingerprint density at radius 1 is 1.26 bits per heavy atom. The molecule has 6 rings (SSSR count). The van der Waals surface area contributed by atoms with Crippen LogP contribution in [-0.2, 0) is 11.2 Å². The highest BCUT2D eigenvalue weighted by molar-refractivity contribution is 5.93. The third-order valence-corrected chi connectivity index (χ3v) is 8.21. The molecule has 7 heteroatoms. The van der Waals surface area contributed by atoms with Gasteiger partial charge in [0.2, 0.25) is 5.91 Å². The van der Waals surface area contributed by atoms with Crippen molar-refractivity contribution < 1.29 is 9.59 Å². The van der Waals surface area contributed by atoms with Crippen molar-refractivity contribution in [2.24, 2.45) is 28.9 Å². The third kappa shape index (κ3) is 3.63. The first-order valence-corrected chi connectivity index (χ1v) is 11.6. The number of hydrogen-bond acceptors (Lipinski definition) is 4. The zero-order valence-electron chi connectivity index (χ0n) is 18.5. The molecule has 0 radical (unpaired) electrons. The minimum absolute atomic E-state index is 0.0427. The molecule has 1 aliphatic heterocycles. The van der Waals surface area contributed by atoms with E-state index in [4.69, 9.17) is 5.73 Å². The molecule has 3 N–H and O–H groups in total. The highest BCUT2D eigenvalue weighted by atomic mass is 16.2. The molecular weight excluding hydrogens is 390 g/mol. The van der Waals surface area contributed by atoms with Crippen molar-refractivity contribution in [1.29, 1.82) is 0 Å². The Hall–Kier alpha value is -2.41. The highest BCUT2D eigenvalue weighted by Gasteiger charge is 2.53. The summed E-state index contributed by atoms with van der Waals surface area (Å²) < 4.78 is 1.80. The topological polar surface area (TPSA) is 92.7 Å². The number of imidazole rings is 1. The smallest absolute Gasteiger partial charge is 0.268 e. The fraction of sp³-hybridized carbons (Fsp3) is 0.625. The maximum Gasteiger partial charge on any atom is 0.268 e. The predicted octanol–water partition coefficient (Wildman–Crippen LogP) is 2.24. The number of likely N-dealkylation sites (tertiary alicyclic amines) is 1. The van der Waals surface area contributed by atoms with E-state index >= 15 is 0 Å². The third-order valence-electron chi connectivity index (χ3n) is 8.21.